The molecule has 0 atom stereocenters. The second-order valence-corrected chi connectivity index (χ2v) is 5.18. The van der Waals surface area contributed by atoms with Gasteiger partial charge < -0.3 is 0 Å². The van der Waals surface area contributed by atoms with Crippen molar-refractivity contribution >= 4 is 0 Å². The minimum atomic E-state index is 0.867. The maximum atomic E-state index is 2.46. The molecule has 0 amide bonds. The third kappa shape index (κ3) is 3.10. The molecule has 0 unspecified atom stereocenters. The van der Waals surface area contributed by atoms with E-state index in [2.05, 4.69) is 31.2 Å². The number of hydrogen-bond donors (Lipinski definition) is 0. The molecule has 1 aromatic rings. The summed E-state index contributed by atoms with van der Waals surface area (Å²) in [4.78, 5) is 0. The summed E-state index contributed by atoms with van der Waals surface area (Å²) in [6, 6.07) is 9.36. The first-order valence-corrected chi connectivity index (χ1v) is 6.99. The van der Waals surface area contributed by atoms with Gasteiger partial charge in [-0.3, -0.25) is 0 Å². The van der Waals surface area contributed by atoms with Gasteiger partial charge in [-0.2, -0.15) is 0 Å². The van der Waals surface area contributed by atoms with Crippen molar-refractivity contribution < 1.29 is 0 Å². The van der Waals surface area contributed by atoms with Crippen LogP contribution in [-0.2, 0) is 6.42 Å². The normalized spacial score (nSPS) is 16.8. The summed E-state index contributed by atoms with van der Waals surface area (Å²) in [5.74, 6) is 0.867. The molecule has 1 fully saturated rings. The highest BCUT2D eigenvalue weighted by molar-refractivity contribution is 5.27. The molecule has 0 saturated heterocycles. The van der Waals surface area contributed by atoms with Gasteiger partial charge in [0.15, 0.2) is 0 Å². The van der Waals surface area contributed by atoms with Crippen molar-refractivity contribution in [3.8, 4) is 0 Å². The van der Waals surface area contributed by atoms with Crippen LogP contribution in [0.3, 0.4) is 0 Å². The van der Waals surface area contributed by atoms with Gasteiger partial charge in [-0.25, -0.2) is 0 Å². The summed E-state index contributed by atoms with van der Waals surface area (Å²) in [6.45, 7) is 2.27. The van der Waals surface area contributed by atoms with Crippen LogP contribution in [0.4, 0.5) is 0 Å². The van der Waals surface area contributed by atoms with Gasteiger partial charge in [0.1, 0.15) is 0 Å². The number of hydrogen-bond acceptors (Lipinski definition) is 0. The maximum Gasteiger partial charge on any atom is -0.0162 e. The maximum absolute atomic E-state index is 2.46. The molecule has 0 heteroatoms. The van der Waals surface area contributed by atoms with Crippen molar-refractivity contribution in [1.29, 1.82) is 0 Å². The van der Waals surface area contributed by atoms with E-state index in [1.54, 1.807) is 11.1 Å². The molecule has 0 nitrogen and oxygen atoms in total. The van der Waals surface area contributed by atoms with Gasteiger partial charge in [0, 0.05) is 0 Å². The Hall–Kier alpha value is -0.780. The van der Waals surface area contributed by atoms with Crippen LogP contribution >= 0.6 is 0 Å². The Labute approximate surface area is 100 Å². The molecule has 0 bridgehead atoms. The lowest BCUT2D eigenvalue weighted by Gasteiger charge is -2.11. The molecule has 0 heterocycles. The van der Waals surface area contributed by atoms with E-state index in [0.717, 1.165) is 5.92 Å². The summed E-state index contributed by atoms with van der Waals surface area (Å²) < 4.78 is 0. The van der Waals surface area contributed by atoms with E-state index in [4.69, 9.17) is 0 Å². The van der Waals surface area contributed by atoms with Gasteiger partial charge in [-0.15, -0.1) is 0 Å². The smallest absolute Gasteiger partial charge is 0.0162 e. The Bertz CT molecular complexity index is 308. The summed E-state index contributed by atoms with van der Waals surface area (Å²) in [5.41, 5.74) is 3.16. The number of aryl methyl sites for hydroxylation is 1. The monoisotopic (exact) mass is 216 g/mol. The first-order valence-electron chi connectivity index (χ1n) is 6.99. The highest BCUT2D eigenvalue weighted by atomic mass is 14.2. The Morgan fingerprint density at radius 1 is 1.12 bits per heavy atom. The summed E-state index contributed by atoms with van der Waals surface area (Å²) >= 11 is 0. The Morgan fingerprint density at radius 3 is 2.69 bits per heavy atom. The molecule has 1 saturated carbocycles. The van der Waals surface area contributed by atoms with Crippen molar-refractivity contribution in [2.24, 2.45) is 0 Å². The molecule has 88 valence electrons. The molecule has 0 aromatic heterocycles. The topological polar surface area (TPSA) is 0 Å². The Kier molecular flexibility index (Phi) is 4.44. The number of rotatable bonds is 5. The molecule has 0 N–H and O–H groups in total. The van der Waals surface area contributed by atoms with Crippen LogP contribution in [0, 0.1) is 0 Å². The SMILES string of the molecule is CCCCCc1cccc(C2CCCC2)c1. The first kappa shape index (κ1) is 11.7. The summed E-state index contributed by atoms with van der Waals surface area (Å²) in [5, 5.41) is 0. The number of unbranched alkanes of at least 4 members (excludes halogenated alkanes) is 2. The van der Waals surface area contributed by atoms with Crippen LogP contribution in [0.1, 0.15) is 68.9 Å². The lowest BCUT2D eigenvalue weighted by Crippen LogP contribution is -1.94. The van der Waals surface area contributed by atoms with E-state index < -0.39 is 0 Å². The minimum absolute atomic E-state index is 0.867. The van der Waals surface area contributed by atoms with Gasteiger partial charge >= 0.3 is 0 Å². The zero-order valence-corrected chi connectivity index (χ0v) is 10.5. The van der Waals surface area contributed by atoms with Gasteiger partial charge in [-0.05, 0) is 42.7 Å². The van der Waals surface area contributed by atoms with Crippen molar-refractivity contribution in [2.45, 2.75) is 64.2 Å². The third-order valence-corrected chi connectivity index (χ3v) is 3.85. The van der Waals surface area contributed by atoms with Crippen molar-refractivity contribution in [2.75, 3.05) is 0 Å². The van der Waals surface area contributed by atoms with E-state index in [1.165, 1.54) is 51.4 Å². The number of benzene rings is 1. The minimum Gasteiger partial charge on any atom is -0.0654 e. The quantitative estimate of drug-likeness (QED) is 0.602. The predicted octanol–water partition coefficient (Wildman–Crippen LogP) is 5.08. The molecule has 1 aromatic carbocycles. The van der Waals surface area contributed by atoms with Gasteiger partial charge in [0.25, 0.3) is 0 Å². The predicted molar refractivity (Wildman–Crippen MR) is 70.9 cm³/mol. The van der Waals surface area contributed by atoms with Crippen molar-refractivity contribution in [1.82, 2.24) is 0 Å². The average Bonchev–Trinajstić information content (AvgIpc) is 2.83. The first-order chi connectivity index (χ1) is 7.90. The van der Waals surface area contributed by atoms with E-state index in [1.807, 2.05) is 0 Å². The third-order valence-electron chi connectivity index (χ3n) is 3.85. The molecule has 0 spiro atoms. The average molecular weight is 216 g/mol. The van der Waals surface area contributed by atoms with Crippen LogP contribution < -0.4 is 0 Å². The summed E-state index contributed by atoms with van der Waals surface area (Å²) in [6.07, 6.45) is 11.0. The lowest BCUT2D eigenvalue weighted by atomic mass is 9.95. The fourth-order valence-corrected chi connectivity index (χ4v) is 2.84. The molecule has 2 rings (SSSR count). The largest absolute Gasteiger partial charge is 0.0654 e. The second kappa shape index (κ2) is 6.08. The molecule has 1 aliphatic carbocycles. The molecular formula is C16H24. The fraction of sp³-hybridized carbons (Fsp3) is 0.625. The van der Waals surface area contributed by atoms with Crippen LogP contribution in [0.25, 0.3) is 0 Å². The van der Waals surface area contributed by atoms with E-state index in [0.29, 0.717) is 0 Å². The standard InChI is InChI=1S/C16H24/c1-2-3-4-8-14-9-7-12-16(13-14)15-10-5-6-11-15/h7,9,12-13,15H,2-6,8,10-11H2,1H3. The fourth-order valence-electron chi connectivity index (χ4n) is 2.84. The molecule has 0 radical (unpaired) electrons. The highest BCUT2D eigenvalue weighted by Gasteiger charge is 2.16. The van der Waals surface area contributed by atoms with Crippen molar-refractivity contribution in [3.05, 3.63) is 35.4 Å². The van der Waals surface area contributed by atoms with Crippen LogP contribution in [-0.4, -0.2) is 0 Å². The second-order valence-electron chi connectivity index (χ2n) is 5.18. The molecular weight excluding hydrogens is 192 g/mol. The zero-order chi connectivity index (χ0) is 11.2. The van der Waals surface area contributed by atoms with Crippen molar-refractivity contribution in [3.63, 3.8) is 0 Å². The Morgan fingerprint density at radius 2 is 1.94 bits per heavy atom. The zero-order valence-electron chi connectivity index (χ0n) is 10.5. The van der Waals surface area contributed by atoms with Crippen LogP contribution in [0.2, 0.25) is 0 Å². The van der Waals surface area contributed by atoms with Gasteiger partial charge in [0.2, 0.25) is 0 Å². The van der Waals surface area contributed by atoms with E-state index in [9.17, 15) is 0 Å². The molecule has 16 heavy (non-hydrogen) atoms. The van der Waals surface area contributed by atoms with Crippen LogP contribution in [0.15, 0.2) is 24.3 Å². The van der Waals surface area contributed by atoms with Gasteiger partial charge in [-0.1, -0.05) is 56.9 Å². The highest BCUT2D eigenvalue weighted by Crippen LogP contribution is 2.34. The van der Waals surface area contributed by atoms with Gasteiger partial charge in [0.05, 0.1) is 0 Å². The molecule has 1 aliphatic rings. The van der Waals surface area contributed by atoms with Crippen LogP contribution in [0.5, 0.6) is 0 Å². The Balaban J connectivity index is 1.95. The van der Waals surface area contributed by atoms with E-state index >= 15 is 0 Å². The van der Waals surface area contributed by atoms with E-state index in [-0.39, 0.29) is 0 Å². The lowest BCUT2D eigenvalue weighted by molar-refractivity contribution is 0.706. The summed E-state index contributed by atoms with van der Waals surface area (Å²) in [7, 11) is 0. The molecule has 0 aliphatic heterocycles.